The van der Waals surface area contributed by atoms with E-state index in [4.69, 9.17) is 10.5 Å². The molecule has 0 radical (unpaired) electrons. The summed E-state index contributed by atoms with van der Waals surface area (Å²) >= 11 is 0. The Morgan fingerprint density at radius 3 is 2.83 bits per heavy atom. The number of nitrogens with two attached hydrogens (primary N) is 1. The van der Waals surface area contributed by atoms with E-state index < -0.39 is 5.97 Å². The summed E-state index contributed by atoms with van der Waals surface area (Å²) in [4.78, 5) is 25.1. The lowest BCUT2D eigenvalue weighted by atomic mass is 10.0. The highest BCUT2D eigenvalue weighted by molar-refractivity contribution is 5.94. The van der Waals surface area contributed by atoms with Crippen molar-refractivity contribution < 1.29 is 9.53 Å². The van der Waals surface area contributed by atoms with E-state index in [1.807, 2.05) is 29.7 Å². The van der Waals surface area contributed by atoms with Crippen LogP contribution >= 0.6 is 0 Å². The van der Waals surface area contributed by atoms with Gasteiger partial charge in [-0.1, -0.05) is 6.07 Å². The van der Waals surface area contributed by atoms with Crippen LogP contribution < -0.4 is 11.2 Å². The fourth-order valence-corrected chi connectivity index (χ4v) is 2.87. The topological polar surface area (TPSA) is 74.3 Å². The van der Waals surface area contributed by atoms with E-state index in [-0.39, 0.29) is 11.0 Å². The second kappa shape index (κ2) is 7.18. The van der Waals surface area contributed by atoms with Crippen LogP contribution in [0.3, 0.4) is 0 Å². The molecule has 1 fully saturated rings. The van der Waals surface area contributed by atoms with Gasteiger partial charge in [0.25, 0.3) is 0 Å². The number of aryl methyl sites for hydroxylation is 2. The number of hydrogen-bond donors (Lipinski definition) is 1. The van der Waals surface area contributed by atoms with Crippen molar-refractivity contribution in [3.8, 4) is 0 Å². The van der Waals surface area contributed by atoms with Crippen molar-refractivity contribution in [3.05, 3.63) is 45.7 Å². The Labute approximate surface area is 141 Å². The highest BCUT2D eigenvalue weighted by atomic mass is 16.5. The fraction of sp³-hybridized carbons (Fsp3) is 0.474. The molecule has 2 N–H and O–H groups in total. The molecule has 0 spiro atoms. The van der Waals surface area contributed by atoms with Gasteiger partial charge in [-0.2, -0.15) is 0 Å². The number of pyridine rings is 1. The lowest BCUT2D eigenvalue weighted by molar-refractivity contribution is 0.0484. The summed E-state index contributed by atoms with van der Waals surface area (Å²) in [6, 6.07) is 5.86. The summed E-state index contributed by atoms with van der Waals surface area (Å²) < 4.78 is 7.24. The smallest absolute Gasteiger partial charge is 0.343 e. The number of fused-ring (bicyclic) bond motifs is 1. The van der Waals surface area contributed by atoms with Crippen LogP contribution in [0, 0.1) is 5.92 Å². The third-order valence-electron chi connectivity index (χ3n) is 4.52. The molecule has 128 valence electrons. The number of nitrogens with zero attached hydrogens (tertiary/aromatic N) is 1. The maximum absolute atomic E-state index is 12.8. The Morgan fingerprint density at radius 2 is 2.17 bits per heavy atom. The molecule has 1 aliphatic rings. The molecule has 0 unspecified atom stereocenters. The molecule has 0 amide bonds. The SMILES string of the molecule is CCn1cc(C(=O)OCC2CC2)c(=O)c2cc(CCCN)ccc21. The maximum atomic E-state index is 12.8. The molecular formula is C19H24N2O3. The molecule has 1 aliphatic carbocycles. The molecule has 5 nitrogen and oxygen atoms in total. The molecule has 24 heavy (non-hydrogen) atoms. The lowest BCUT2D eigenvalue weighted by Gasteiger charge is -2.12. The van der Waals surface area contributed by atoms with Crippen LogP contribution in [-0.2, 0) is 17.7 Å². The molecule has 1 saturated carbocycles. The molecule has 1 aromatic carbocycles. The molecule has 1 aromatic heterocycles. The standard InChI is InChI=1S/C19H24N2O3/c1-2-21-11-16(19(23)24-12-14-5-6-14)18(22)15-10-13(4-3-9-20)7-8-17(15)21/h7-8,10-11,14H,2-6,9,12,20H2,1H3. The Kier molecular flexibility index (Phi) is 5.00. The average Bonchev–Trinajstić information content (AvgIpc) is 3.43. The Morgan fingerprint density at radius 1 is 1.38 bits per heavy atom. The molecular weight excluding hydrogens is 304 g/mol. The monoisotopic (exact) mass is 328 g/mol. The van der Waals surface area contributed by atoms with Crippen molar-refractivity contribution in [3.63, 3.8) is 0 Å². The zero-order valence-corrected chi connectivity index (χ0v) is 14.1. The van der Waals surface area contributed by atoms with E-state index in [1.165, 1.54) is 0 Å². The Bertz CT molecular complexity index is 806. The van der Waals surface area contributed by atoms with Gasteiger partial charge in [0.1, 0.15) is 5.56 Å². The van der Waals surface area contributed by atoms with E-state index in [0.717, 1.165) is 36.8 Å². The van der Waals surface area contributed by atoms with Gasteiger partial charge in [0.15, 0.2) is 0 Å². The molecule has 0 bridgehead atoms. The largest absolute Gasteiger partial charge is 0.462 e. The lowest BCUT2D eigenvalue weighted by Crippen LogP contribution is -2.21. The van der Waals surface area contributed by atoms with Crippen molar-refractivity contribution in [1.82, 2.24) is 4.57 Å². The minimum atomic E-state index is -0.511. The number of benzene rings is 1. The number of carbonyl (C=O) groups excluding carboxylic acids is 1. The molecule has 3 rings (SSSR count). The predicted octanol–water partition coefficient (Wildman–Crippen LogP) is 2.48. The van der Waals surface area contributed by atoms with Crippen molar-refractivity contribution in [1.29, 1.82) is 0 Å². The number of hydrogen-bond acceptors (Lipinski definition) is 4. The fourth-order valence-electron chi connectivity index (χ4n) is 2.87. The highest BCUT2D eigenvalue weighted by Crippen LogP contribution is 2.29. The van der Waals surface area contributed by atoms with Crippen LogP contribution in [0.25, 0.3) is 10.9 Å². The van der Waals surface area contributed by atoms with Crippen molar-refractivity contribution in [2.75, 3.05) is 13.2 Å². The molecule has 1 heterocycles. The number of esters is 1. The average molecular weight is 328 g/mol. The van der Waals surface area contributed by atoms with E-state index in [1.54, 1.807) is 6.20 Å². The highest BCUT2D eigenvalue weighted by Gasteiger charge is 2.24. The molecule has 0 aliphatic heterocycles. The van der Waals surface area contributed by atoms with E-state index in [0.29, 0.717) is 31.0 Å². The zero-order chi connectivity index (χ0) is 17.1. The Hall–Kier alpha value is -2.14. The van der Waals surface area contributed by atoms with Gasteiger partial charge >= 0.3 is 5.97 Å². The molecule has 0 atom stereocenters. The summed E-state index contributed by atoms with van der Waals surface area (Å²) in [6.07, 6.45) is 5.54. The molecule has 2 aromatic rings. The number of ether oxygens (including phenoxy) is 1. The van der Waals surface area contributed by atoms with Crippen LogP contribution in [0.5, 0.6) is 0 Å². The van der Waals surface area contributed by atoms with Crippen molar-refractivity contribution >= 4 is 16.9 Å². The van der Waals surface area contributed by atoms with Gasteiger partial charge in [-0.3, -0.25) is 4.79 Å². The van der Waals surface area contributed by atoms with Gasteiger partial charge in [0.2, 0.25) is 5.43 Å². The minimum absolute atomic E-state index is 0.126. The number of rotatable bonds is 7. The van der Waals surface area contributed by atoms with Crippen LogP contribution in [0.1, 0.15) is 42.1 Å². The first kappa shape index (κ1) is 16.7. The molecule has 0 saturated heterocycles. The van der Waals surface area contributed by atoms with Gasteiger partial charge in [-0.05, 0) is 62.8 Å². The second-order valence-corrected chi connectivity index (χ2v) is 6.44. The summed E-state index contributed by atoms with van der Waals surface area (Å²) in [5, 5.41) is 0.576. The minimum Gasteiger partial charge on any atom is -0.462 e. The summed E-state index contributed by atoms with van der Waals surface area (Å²) in [5.74, 6) is -0.0333. The first-order chi connectivity index (χ1) is 11.6. The normalized spacial score (nSPS) is 14.1. The van der Waals surface area contributed by atoms with Crippen LogP contribution in [0.4, 0.5) is 0 Å². The third kappa shape index (κ3) is 3.51. The summed E-state index contributed by atoms with van der Waals surface area (Å²) in [7, 11) is 0. The van der Waals surface area contributed by atoms with E-state index in [2.05, 4.69) is 0 Å². The third-order valence-corrected chi connectivity index (χ3v) is 4.52. The van der Waals surface area contributed by atoms with Gasteiger partial charge in [-0.25, -0.2) is 4.79 Å². The summed E-state index contributed by atoms with van der Waals surface area (Å²) in [5.41, 5.74) is 7.36. The number of carbonyl (C=O) groups is 1. The van der Waals surface area contributed by atoms with Gasteiger partial charge in [0, 0.05) is 18.1 Å². The van der Waals surface area contributed by atoms with Crippen LogP contribution in [0.15, 0.2) is 29.2 Å². The van der Waals surface area contributed by atoms with Crippen LogP contribution in [-0.4, -0.2) is 23.7 Å². The molecule has 5 heteroatoms. The van der Waals surface area contributed by atoms with Crippen molar-refractivity contribution in [2.24, 2.45) is 11.7 Å². The zero-order valence-electron chi connectivity index (χ0n) is 14.1. The first-order valence-corrected chi connectivity index (χ1v) is 8.67. The van der Waals surface area contributed by atoms with Gasteiger partial charge in [0.05, 0.1) is 12.1 Å². The Balaban J connectivity index is 2.00. The quantitative estimate of drug-likeness (QED) is 0.792. The second-order valence-electron chi connectivity index (χ2n) is 6.44. The predicted molar refractivity (Wildman–Crippen MR) is 94.3 cm³/mol. The van der Waals surface area contributed by atoms with Gasteiger partial charge < -0.3 is 15.0 Å². The van der Waals surface area contributed by atoms with E-state index in [9.17, 15) is 9.59 Å². The maximum Gasteiger partial charge on any atom is 0.343 e. The number of aromatic nitrogens is 1. The van der Waals surface area contributed by atoms with E-state index >= 15 is 0 Å². The van der Waals surface area contributed by atoms with Gasteiger partial charge in [-0.15, -0.1) is 0 Å². The van der Waals surface area contributed by atoms with Crippen LogP contribution in [0.2, 0.25) is 0 Å². The first-order valence-electron chi connectivity index (χ1n) is 8.67. The summed E-state index contributed by atoms with van der Waals surface area (Å²) in [6.45, 7) is 3.71. The van der Waals surface area contributed by atoms with Crippen molar-refractivity contribution in [2.45, 2.75) is 39.2 Å².